The normalized spacial score (nSPS) is 12.0. The number of hydrogen-bond donors (Lipinski definition) is 0. The van der Waals surface area contributed by atoms with Crippen molar-refractivity contribution >= 4 is 27.5 Å². The molecule has 1 aromatic heterocycles. The summed E-state index contributed by atoms with van der Waals surface area (Å²) in [4.78, 5) is 17.2. The van der Waals surface area contributed by atoms with Crippen LogP contribution >= 0.6 is 11.3 Å². The van der Waals surface area contributed by atoms with Gasteiger partial charge in [-0.3, -0.25) is 4.79 Å². The van der Waals surface area contributed by atoms with Gasteiger partial charge in [-0.2, -0.15) is 4.99 Å². The Morgan fingerprint density at radius 1 is 1.14 bits per heavy atom. The zero-order valence-corrected chi connectivity index (χ0v) is 12.9. The number of fused-ring (bicyclic) bond motifs is 1. The molecule has 106 valence electrons. The average molecular weight is 296 g/mol. The zero-order valence-electron chi connectivity index (χ0n) is 12.0. The summed E-state index contributed by atoms with van der Waals surface area (Å²) >= 11 is 1.55. The van der Waals surface area contributed by atoms with Crippen molar-refractivity contribution in [1.29, 1.82) is 0 Å². The summed E-state index contributed by atoms with van der Waals surface area (Å²) in [5, 5.41) is 0. The number of carbonyl (C=O) groups excluding carboxylic acids is 1. The van der Waals surface area contributed by atoms with Gasteiger partial charge in [0.2, 0.25) is 0 Å². The molecule has 0 saturated carbocycles. The molecule has 0 spiro atoms. The van der Waals surface area contributed by atoms with Crippen molar-refractivity contribution in [3.63, 3.8) is 0 Å². The number of aryl methyl sites for hydroxylation is 2. The fourth-order valence-electron chi connectivity index (χ4n) is 2.41. The van der Waals surface area contributed by atoms with Crippen LogP contribution in [0.3, 0.4) is 0 Å². The van der Waals surface area contributed by atoms with Gasteiger partial charge >= 0.3 is 0 Å². The Morgan fingerprint density at radius 2 is 1.90 bits per heavy atom. The molecule has 2 aromatic carbocycles. The number of carbonyl (C=O) groups is 1. The third kappa shape index (κ3) is 2.54. The van der Waals surface area contributed by atoms with E-state index >= 15 is 0 Å². The summed E-state index contributed by atoms with van der Waals surface area (Å²) in [7, 11) is 1.97. The van der Waals surface area contributed by atoms with Crippen LogP contribution in [0.1, 0.15) is 22.8 Å². The number of benzene rings is 2. The highest BCUT2D eigenvalue weighted by Gasteiger charge is 2.08. The molecule has 3 rings (SSSR count). The maximum Gasteiger partial charge on any atom is 0.279 e. The largest absolute Gasteiger partial charge is 0.319 e. The lowest BCUT2D eigenvalue weighted by Crippen LogP contribution is -2.13. The second kappa shape index (κ2) is 5.66. The van der Waals surface area contributed by atoms with E-state index in [1.807, 2.05) is 29.8 Å². The highest BCUT2D eigenvalue weighted by molar-refractivity contribution is 7.16. The first kappa shape index (κ1) is 13.8. The van der Waals surface area contributed by atoms with Crippen LogP contribution < -0.4 is 4.80 Å². The van der Waals surface area contributed by atoms with Crippen LogP contribution in [0.4, 0.5) is 0 Å². The van der Waals surface area contributed by atoms with Crippen LogP contribution in [0.5, 0.6) is 0 Å². The highest BCUT2D eigenvalue weighted by atomic mass is 32.1. The molecule has 1 heterocycles. The van der Waals surface area contributed by atoms with Gasteiger partial charge in [0.05, 0.1) is 10.2 Å². The number of thiazole rings is 1. The molecule has 0 unspecified atom stereocenters. The molecule has 0 saturated heterocycles. The first-order chi connectivity index (χ1) is 10.2. The molecule has 1 amide bonds. The van der Waals surface area contributed by atoms with E-state index in [-0.39, 0.29) is 5.91 Å². The van der Waals surface area contributed by atoms with Crippen molar-refractivity contribution in [3.8, 4) is 0 Å². The van der Waals surface area contributed by atoms with E-state index in [0.29, 0.717) is 5.56 Å². The van der Waals surface area contributed by atoms with Crippen LogP contribution in [0.25, 0.3) is 10.2 Å². The third-order valence-corrected chi connectivity index (χ3v) is 4.60. The molecule has 0 aliphatic rings. The fourth-order valence-corrected chi connectivity index (χ4v) is 3.47. The summed E-state index contributed by atoms with van der Waals surface area (Å²) in [6.45, 7) is 2.14. The molecule has 0 fully saturated rings. The first-order valence-electron chi connectivity index (χ1n) is 6.92. The predicted octanol–water partition coefficient (Wildman–Crippen LogP) is 3.54. The van der Waals surface area contributed by atoms with Crippen molar-refractivity contribution < 1.29 is 4.79 Å². The van der Waals surface area contributed by atoms with E-state index in [1.54, 1.807) is 23.5 Å². The van der Waals surface area contributed by atoms with E-state index in [4.69, 9.17) is 0 Å². The number of amides is 1. The zero-order chi connectivity index (χ0) is 14.8. The topological polar surface area (TPSA) is 34.4 Å². The quantitative estimate of drug-likeness (QED) is 0.712. The predicted molar refractivity (Wildman–Crippen MR) is 86.5 cm³/mol. The molecule has 0 radical (unpaired) electrons. The van der Waals surface area contributed by atoms with E-state index in [9.17, 15) is 4.79 Å². The average Bonchev–Trinajstić information content (AvgIpc) is 2.84. The highest BCUT2D eigenvalue weighted by Crippen LogP contribution is 2.21. The van der Waals surface area contributed by atoms with Crippen molar-refractivity contribution in [2.75, 3.05) is 0 Å². The maximum atomic E-state index is 12.2. The summed E-state index contributed by atoms with van der Waals surface area (Å²) in [5.74, 6) is -0.198. The molecule has 0 atom stereocenters. The van der Waals surface area contributed by atoms with Crippen molar-refractivity contribution in [2.45, 2.75) is 13.3 Å². The van der Waals surface area contributed by atoms with Crippen LogP contribution in [0.15, 0.2) is 53.5 Å². The first-order valence-corrected chi connectivity index (χ1v) is 7.74. The van der Waals surface area contributed by atoms with E-state index in [2.05, 4.69) is 30.1 Å². The summed E-state index contributed by atoms with van der Waals surface area (Å²) in [5.41, 5.74) is 3.06. The number of para-hydroxylation sites is 1. The minimum atomic E-state index is -0.198. The smallest absolute Gasteiger partial charge is 0.279 e. The maximum absolute atomic E-state index is 12.2. The van der Waals surface area contributed by atoms with E-state index in [0.717, 1.165) is 15.9 Å². The van der Waals surface area contributed by atoms with Crippen LogP contribution in [0.2, 0.25) is 0 Å². The molecule has 3 aromatic rings. The van der Waals surface area contributed by atoms with E-state index in [1.165, 1.54) is 11.1 Å². The summed E-state index contributed by atoms with van der Waals surface area (Å²) < 4.78 is 3.18. The SMILES string of the molecule is CCc1cccc2sc(=NC(=O)c3ccccc3)n(C)c12. The Kier molecular flexibility index (Phi) is 3.71. The Balaban J connectivity index is 2.15. The van der Waals surface area contributed by atoms with Gasteiger partial charge in [-0.1, -0.05) is 48.6 Å². The van der Waals surface area contributed by atoms with Gasteiger partial charge in [-0.25, -0.2) is 0 Å². The lowest BCUT2D eigenvalue weighted by atomic mass is 10.1. The van der Waals surface area contributed by atoms with Gasteiger partial charge in [0, 0.05) is 12.6 Å². The van der Waals surface area contributed by atoms with Gasteiger partial charge in [0.25, 0.3) is 5.91 Å². The second-order valence-corrected chi connectivity index (χ2v) is 5.85. The van der Waals surface area contributed by atoms with Crippen LogP contribution in [-0.2, 0) is 13.5 Å². The monoisotopic (exact) mass is 296 g/mol. The standard InChI is InChI=1S/C17H16N2OS/c1-3-12-10-7-11-14-15(12)19(2)17(21-14)18-16(20)13-8-5-4-6-9-13/h4-11H,3H2,1-2H3. The second-order valence-electron chi connectivity index (χ2n) is 4.84. The number of rotatable bonds is 2. The van der Waals surface area contributed by atoms with Gasteiger partial charge in [-0.05, 0) is 30.2 Å². The van der Waals surface area contributed by atoms with Gasteiger partial charge in [-0.15, -0.1) is 0 Å². The molecule has 0 aliphatic heterocycles. The molecular weight excluding hydrogens is 280 g/mol. The fraction of sp³-hybridized carbons (Fsp3) is 0.176. The lowest BCUT2D eigenvalue weighted by molar-refractivity contribution is 0.0998. The van der Waals surface area contributed by atoms with Gasteiger partial charge in [0.15, 0.2) is 4.80 Å². The molecule has 3 nitrogen and oxygen atoms in total. The number of aromatic nitrogens is 1. The third-order valence-electron chi connectivity index (χ3n) is 3.50. The molecule has 0 aliphatic carbocycles. The van der Waals surface area contributed by atoms with Crippen molar-refractivity contribution in [2.24, 2.45) is 12.0 Å². The number of nitrogens with zero attached hydrogens (tertiary/aromatic N) is 2. The molecule has 4 heteroatoms. The minimum absolute atomic E-state index is 0.198. The Labute approximate surface area is 127 Å². The Bertz CT molecular complexity index is 859. The van der Waals surface area contributed by atoms with Gasteiger partial charge < -0.3 is 4.57 Å². The summed E-state index contributed by atoms with van der Waals surface area (Å²) in [6, 6.07) is 15.4. The molecule has 0 N–H and O–H groups in total. The number of hydrogen-bond acceptors (Lipinski definition) is 2. The molecule has 21 heavy (non-hydrogen) atoms. The lowest BCUT2D eigenvalue weighted by Gasteiger charge is -2.01. The molecular formula is C17H16N2OS. The molecule has 0 bridgehead atoms. The van der Waals surface area contributed by atoms with Crippen molar-refractivity contribution in [3.05, 3.63) is 64.5 Å². The van der Waals surface area contributed by atoms with Crippen molar-refractivity contribution in [1.82, 2.24) is 4.57 Å². The minimum Gasteiger partial charge on any atom is -0.319 e. The van der Waals surface area contributed by atoms with Crippen LogP contribution in [0, 0.1) is 0 Å². The summed E-state index contributed by atoms with van der Waals surface area (Å²) in [6.07, 6.45) is 0.966. The van der Waals surface area contributed by atoms with E-state index < -0.39 is 0 Å². The van der Waals surface area contributed by atoms with Gasteiger partial charge in [0.1, 0.15) is 0 Å². The van der Waals surface area contributed by atoms with Crippen LogP contribution in [-0.4, -0.2) is 10.5 Å². The Hall–Kier alpha value is -2.20. The Morgan fingerprint density at radius 3 is 2.62 bits per heavy atom.